The quantitative estimate of drug-likeness (QED) is 0.742. The molecule has 8 heteroatoms. The lowest BCUT2D eigenvalue weighted by atomic mass is 10.1. The predicted molar refractivity (Wildman–Crippen MR) is 92.6 cm³/mol. The molecule has 1 unspecified atom stereocenters. The molecule has 1 aromatic rings. The van der Waals surface area contributed by atoms with Gasteiger partial charge in [-0.3, -0.25) is 10.1 Å². The molecule has 3 nitrogen and oxygen atoms in total. The Hall–Kier alpha value is 0.1000. The van der Waals surface area contributed by atoms with Gasteiger partial charge in [-0.1, -0.05) is 58.0 Å². The number of benzene rings is 1. The Bertz CT molecular complexity index is 541. The second-order valence-corrected chi connectivity index (χ2v) is 8.50. The third kappa shape index (κ3) is 4.80. The SMILES string of the molecule is O=C(NC([NH+]1CCCCC1)C(Cl)(Cl)Cl)c1ccc(Cl)cc1Cl. The molecule has 22 heavy (non-hydrogen) atoms. The third-order valence-electron chi connectivity index (χ3n) is 3.68. The zero-order valence-corrected chi connectivity index (χ0v) is 15.4. The van der Waals surface area contributed by atoms with Crippen LogP contribution in [0.25, 0.3) is 0 Å². The fourth-order valence-corrected chi connectivity index (χ4v) is 3.71. The molecule has 1 saturated heterocycles. The highest BCUT2D eigenvalue weighted by Gasteiger charge is 2.42. The molecule has 0 saturated carbocycles. The highest BCUT2D eigenvalue weighted by molar-refractivity contribution is 6.68. The molecule has 1 amide bonds. The second kappa shape index (κ2) is 7.78. The first-order valence-electron chi connectivity index (χ1n) is 6.96. The van der Waals surface area contributed by atoms with Gasteiger partial charge in [0.05, 0.1) is 23.7 Å². The Kier molecular flexibility index (Phi) is 6.52. The summed E-state index contributed by atoms with van der Waals surface area (Å²) >= 11 is 30.1. The number of hydrogen-bond acceptors (Lipinski definition) is 1. The standard InChI is InChI=1S/C14H15Cl5N2O/c15-9-4-5-10(11(16)8-9)12(22)20-13(14(17,18)19)21-6-2-1-3-7-21/h4-5,8,13H,1-3,6-7H2,(H,20,22)/p+1. The number of alkyl halides is 3. The normalized spacial score (nSPS) is 18.0. The van der Waals surface area contributed by atoms with Crippen LogP contribution in [0.5, 0.6) is 0 Å². The van der Waals surface area contributed by atoms with Crippen molar-refractivity contribution >= 4 is 63.9 Å². The van der Waals surface area contributed by atoms with Gasteiger partial charge in [0.1, 0.15) is 0 Å². The van der Waals surface area contributed by atoms with Gasteiger partial charge in [-0.15, -0.1) is 0 Å². The summed E-state index contributed by atoms with van der Waals surface area (Å²) in [7, 11) is 0. The van der Waals surface area contributed by atoms with Gasteiger partial charge in [0.15, 0.2) is 0 Å². The van der Waals surface area contributed by atoms with E-state index in [4.69, 9.17) is 58.0 Å². The molecule has 0 radical (unpaired) electrons. The molecular formula is C14H16Cl5N2O+. The molecule has 2 N–H and O–H groups in total. The van der Waals surface area contributed by atoms with Crippen LogP contribution < -0.4 is 10.2 Å². The summed E-state index contributed by atoms with van der Waals surface area (Å²) in [5.74, 6) is -0.379. The number of piperidine rings is 1. The van der Waals surface area contributed by atoms with Gasteiger partial charge in [-0.2, -0.15) is 0 Å². The molecule has 1 atom stereocenters. The Morgan fingerprint density at radius 1 is 1.14 bits per heavy atom. The molecule has 0 bridgehead atoms. The molecule has 0 spiro atoms. The number of carbonyl (C=O) groups is 1. The van der Waals surface area contributed by atoms with Crippen molar-refractivity contribution in [1.82, 2.24) is 5.32 Å². The smallest absolute Gasteiger partial charge is 0.262 e. The number of halogens is 5. The van der Waals surface area contributed by atoms with E-state index in [9.17, 15) is 4.79 Å². The van der Waals surface area contributed by atoms with Crippen molar-refractivity contribution in [3.63, 3.8) is 0 Å². The van der Waals surface area contributed by atoms with Crippen LogP contribution >= 0.6 is 58.0 Å². The van der Waals surface area contributed by atoms with Crippen LogP contribution in [0.15, 0.2) is 18.2 Å². The van der Waals surface area contributed by atoms with Crippen molar-refractivity contribution in [3.05, 3.63) is 33.8 Å². The summed E-state index contributed by atoms with van der Waals surface area (Å²) in [6, 6.07) is 4.66. The molecule has 122 valence electrons. The van der Waals surface area contributed by atoms with Crippen molar-refractivity contribution < 1.29 is 9.69 Å². The average molecular weight is 406 g/mol. The monoisotopic (exact) mass is 403 g/mol. The average Bonchev–Trinajstić information content (AvgIpc) is 2.44. The fourth-order valence-electron chi connectivity index (χ4n) is 2.59. The largest absolute Gasteiger partial charge is 0.312 e. The van der Waals surface area contributed by atoms with Crippen molar-refractivity contribution in [2.24, 2.45) is 0 Å². The van der Waals surface area contributed by atoms with E-state index in [0.29, 0.717) is 10.6 Å². The Morgan fingerprint density at radius 3 is 2.32 bits per heavy atom. The van der Waals surface area contributed by atoms with Crippen LogP contribution in [0.3, 0.4) is 0 Å². The maximum Gasteiger partial charge on any atom is 0.262 e. The van der Waals surface area contributed by atoms with E-state index in [0.717, 1.165) is 37.3 Å². The highest BCUT2D eigenvalue weighted by atomic mass is 35.6. The zero-order chi connectivity index (χ0) is 16.3. The maximum absolute atomic E-state index is 12.4. The van der Waals surface area contributed by atoms with Crippen LogP contribution in [0.4, 0.5) is 0 Å². The zero-order valence-electron chi connectivity index (χ0n) is 11.6. The minimum atomic E-state index is -1.60. The van der Waals surface area contributed by atoms with Crippen LogP contribution in [0.1, 0.15) is 29.6 Å². The first-order valence-corrected chi connectivity index (χ1v) is 8.85. The van der Waals surface area contributed by atoms with Gasteiger partial charge < -0.3 is 4.90 Å². The van der Waals surface area contributed by atoms with Crippen molar-refractivity contribution in [2.75, 3.05) is 13.1 Å². The lowest BCUT2D eigenvalue weighted by molar-refractivity contribution is -0.931. The minimum Gasteiger partial charge on any atom is -0.312 e. The van der Waals surface area contributed by atoms with Gasteiger partial charge >= 0.3 is 0 Å². The fraction of sp³-hybridized carbons (Fsp3) is 0.500. The molecule has 0 aliphatic carbocycles. The van der Waals surface area contributed by atoms with Crippen molar-refractivity contribution in [3.8, 4) is 0 Å². The summed E-state index contributed by atoms with van der Waals surface area (Å²) < 4.78 is -1.60. The molecule has 1 fully saturated rings. The van der Waals surface area contributed by atoms with Crippen LogP contribution in [0, 0.1) is 0 Å². The number of carbonyl (C=O) groups excluding carboxylic acids is 1. The van der Waals surface area contributed by atoms with Crippen molar-refractivity contribution in [2.45, 2.75) is 29.2 Å². The van der Waals surface area contributed by atoms with Crippen LogP contribution in [-0.2, 0) is 0 Å². The molecular weight excluding hydrogens is 389 g/mol. The summed E-state index contributed by atoms with van der Waals surface area (Å²) in [6.45, 7) is 1.71. The summed E-state index contributed by atoms with van der Waals surface area (Å²) in [5, 5.41) is 3.53. The van der Waals surface area contributed by atoms with Crippen molar-refractivity contribution in [1.29, 1.82) is 0 Å². The Morgan fingerprint density at radius 2 is 1.77 bits per heavy atom. The Labute approximate surface area is 154 Å². The first-order chi connectivity index (χ1) is 10.3. The summed E-state index contributed by atoms with van der Waals surface area (Å²) in [4.78, 5) is 13.5. The van der Waals surface area contributed by atoms with E-state index in [-0.39, 0.29) is 10.9 Å². The third-order valence-corrected chi connectivity index (χ3v) is 4.89. The molecule has 1 aliphatic rings. The van der Waals surface area contributed by atoms with E-state index in [2.05, 4.69) is 5.32 Å². The highest BCUT2D eigenvalue weighted by Crippen LogP contribution is 2.29. The predicted octanol–water partition coefficient (Wildman–Crippen LogP) is 3.49. The van der Waals surface area contributed by atoms with Crippen LogP contribution in [-0.4, -0.2) is 29.0 Å². The maximum atomic E-state index is 12.4. The van der Waals surface area contributed by atoms with Crippen LogP contribution in [0.2, 0.25) is 10.0 Å². The first kappa shape index (κ1) is 18.4. The Balaban J connectivity index is 2.17. The van der Waals surface area contributed by atoms with E-state index in [1.165, 1.54) is 6.07 Å². The summed E-state index contributed by atoms with van der Waals surface area (Å²) in [5.41, 5.74) is 0.307. The van der Waals surface area contributed by atoms with E-state index in [1.807, 2.05) is 0 Å². The molecule has 1 aromatic carbocycles. The molecule has 1 aliphatic heterocycles. The lowest BCUT2D eigenvalue weighted by Crippen LogP contribution is -3.20. The number of quaternary nitrogens is 1. The molecule has 2 rings (SSSR count). The number of nitrogens with one attached hydrogen (secondary N) is 2. The molecule has 0 aromatic heterocycles. The second-order valence-electron chi connectivity index (χ2n) is 5.29. The molecule has 1 heterocycles. The lowest BCUT2D eigenvalue weighted by Gasteiger charge is -2.35. The van der Waals surface area contributed by atoms with Gasteiger partial charge in [-0.05, 0) is 37.5 Å². The van der Waals surface area contributed by atoms with E-state index < -0.39 is 9.96 Å². The van der Waals surface area contributed by atoms with Gasteiger partial charge in [-0.25, -0.2) is 0 Å². The number of likely N-dealkylation sites (tertiary alicyclic amines) is 1. The number of amides is 1. The topological polar surface area (TPSA) is 33.5 Å². The number of hydrogen-bond donors (Lipinski definition) is 2. The van der Waals surface area contributed by atoms with E-state index in [1.54, 1.807) is 12.1 Å². The van der Waals surface area contributed by atoms with E-state index >= 15 is 0 Å². The van der Waals surface area contributed by atoms with Gasteiger partial charge in [0.25, 0.3) is 9.70 Å². The van der Waals surface area contributed by atoms with Gasteiger partial charge in [0.2, 0.25) is 6.17 Å². The summed E-state index contributed by atoms with van der Waals surface area (Å²) in [6.07, 6.45) is 2.62. The number of rotatable bonds is 3. The van der Waals surface area contributed by atoms with Gasteiger partial charge in [0, 0.05) is 5.02 Å². The minimum absolute atomic E-state index is 0.265.